The number of allylic oxidation sites excluding steroid dienone is 1. The maximum atomic E-state index is 11.9. The first kappa shape index (κ1) is 16.7. The van der Waals surface area contributed by atoms with Gasteiger partial charge < -0.3 is 9.47 Å². The SMILES string of the molecule is CCC=C(C(=O)OCC)C(C(=O)OCC)C(C)C. The molecule has 1 unspecified atom stereocenters. The fourth-order valence-electron chi connectivity index (χ4n) is 1.76. The molecule has 0 fully saturated rings. The lowest BCUT2D eigenvalue weighted by Crippen LogP contribution is -2.29. The minimum Gasteiger partial charge on any atom is -0.466 e. The third-order valence-corrected chi connectivity index (χ3v) is 2.48. The predicted molar refractivity (Wildman–Crippen MR) is 70.0 cm³/mol. The van der Waals surface area contributed by atoms with E-state index in [1.165, 1.54) is 0 Å². The number of rotatable bonds is 7. The van der Waals surface area contributed by atoms with Crippen LogP contribution in [0.25, 0.3) is 0 Å². The number of esters is 2. The van der Waals surface area contributed by atoms with Gasteiger partial charge in [0.2, 0.25) is 0 Å². The summed E-state index contributed by atoms with van der Waals surface area (Å²) in [4.78, 5) is 23.8. The molecule has 0 saturated heterocycles. The average molecular weight is 256 g/mol. The Labute approximate surface area is 109 Å². The maximum absolute atomic E-state index is 11.9. The summed E-state index contributed by atoms with van der Waals surface area (Å²) in [5, 5.41) is 0. The van der Waals surface area contributed by atoms with Gasteiger partial charge in [-0.05, 0) is 26.2 Å². The summed E-state index contributed by atoms with van der Waals surface area (Å²) < 4.78 is 10.0. The molecule has 0 aromatic carbocycles. The zero-order chi connectivity index (χ0) is 14.1. The van der Waals surface area contributed by atoms with Crippen molar-refractivity contribution in [2.75, 3.05) is 13.2 Å². The van der Waals surface area contributed by atoms with Gasteiger partial charge in [0, 0.05) is 5.57 Å². The second-order valence-electron chi connectivity index (χ2n) is 4.26. The molecule has 0 bridgehead atoms. The molecule has 0 aliphatic rings. The van der Waals surface area contributed by atoms with Crippen LogP contribution in [0, 0.1) is 11.8 Å². The molecule has 0 aromatic heterocycles. The quantitative estimate of drug-likeness (QED) is 0.519. The first-order chi connectivity index (χ1) is 8.49. The van der Waals surface area contributed by atoms with Gasteiger partial charge in [0.25, 0.3) is 0 Å². The first-order valence-electron chi connectivity index (χ1n) is 6.53. The molecule has 0 aliphatic carbocycles. The average Bonchev–Trinajstić information content (AvgIpc) is 2.28. The van der Waals surface area contributed by atoms with Crippen molar-refractivity contribution in [3.63, 3.8) is 0 Å². The zero-order valence-electron chi connectivity index (χ0n) is 12.0. The van der Waals surface area contributed by atoms with E-state index in [1.54, 1.807) is 19.9 Å². The Morgan fingerprint density at radius 1 is 1.06 bits per heavy atom. The van der Waals surface area contributed by atoms with Crippen molar-refractivity contribution in [3.8, 4) is 0 Å². The van der Waals surface area contributed by atoms with E-state index in [0.717, 1.165) is 0 Å². The Bertz CT molecular complexity index is 305. The molecule has 0 radical (unpaired) electrons. The second-order valence-corrected chi connectivity index (χ2v) is 4.26. The fraction of sp³-hybridized carbons (Fsp3) is 0.714. The first-order valence-corrected chi connectivity index (χ1v) is 6.53. The lowest BCUT2D eigenvalue weighted by atomic mass is 9.87. The number of hydrogen-bond donors (Lipinski definition) is 0. The highest BCUT2D eigenvalue weighted by Gasteiger charge is 2.32. The molecule has 0 aliphatic heterocycles. The van der Waals surface area contributed by atoms with Crippen LogP contribution in [0.3, 0.4) is 0 Å². The van der Waals surface area contributed by atoms with Gasteiger partial charge in [-0.2, -0.15) is 0 Å². The van der Waals surface area contributed by atoms with E-state index in [-0.39, 0.29) is 11.9 Å². The summed E-state index contributed by atoms with van der Waals surface area (Å²) in [5.41, 5.74) is 0.410. The highest BCUT2D eigenvalue weighted by atomic mass is 16.5. The minimum absolute atomic E-state index is 0.00810. The van der Waals surface area contributed by atoms with E-state index < -0.39 is 11.9 Å². The molecule has 0 spiro atoms. The molecule has 0 saturated carbocycles. The van der Waals surface area contributed by atoms with Gasteiger partial charge >= 0.3 is 11.9 Å². The smallest absolute Gasteiger partial charge is 0.334 e. The molecule has 0 aromatic rings. The van der Waals surface area contributed by atoms with E-state index in [4.69, 9.17) is 9.47 Å². The van der Waals surface area contributed by atoms with Crippen molar-refractivity contribution in [1.82, 2.24) is 0 Å². The van der Waals surface area contributed by atoms with Crippen molar-refractivity contribution in [3.05, 3.63) is 11.6 Å². The van der Waals surface area contributed by atoms with Crippen molar-refractivity contribution >= 4 is 11.9 Å². The predicted octanol–water partition coefficient (Wildman–Crippen LogP) is 2.72. The van der Waals surface area contributed by atoms with Crippen LogP contribution in [0.4, 0.5) is 0 Å². The van der Waals surface area contributed by atoms with Gasteiger partial charge in [0.1, 0.15) is 0 Å². The number of carbonyl (C=O) groups excluding carboxylic acids is 2. The second kappa shape index (κ2) is 8.72. The van der Waals surface area contributed by atoms with Gasteiger partial charge in [-0.15, -0.1) is 0 Å². The van der Waals surface area contributed by atoms with E-state index in [0.29, 0.717) is 25.2 Å². The normalized spacial score (nSPS) is 13.3. The van der Waals surface area contributed by atoms with Crippen LogP contribution >= 0.6 is 0 Å². The summed E-state index contributed by atoms with van der Waals surface area (Å²) in [5.74, 6) is -1.35. The van der Waals surface area contributed by atoms with E-state index in [2.05, 4.69) is 0 Å². The molecule has 4 heteroatoms. The lowest BCUT2D eigenvalue weighted by molar-refractivity contribution is -0.151. The third kappa shape index (κ3) is 4.90. The molecule has 4 nitrogen and oxygen atoms in total. The highest BCUT2D eigenvalue weighted by Crippen LogP contribution is 2.24. The minimum atomic E-state index is -0.552. The molecule has 0 N–H and O–H groups in total. The highest BCUT2D eigenvalue weighted by molar-refractivity contribution is 5.95. The van der Waals surface area contributed by atoms with Crippen molar-refractivity contribution < 1.29 is 19.1 Å². The van der Waals surface area contributed by atoms with Crippen LogP contribution in [0.15, 0.2) is 11.6 Å². The third-order valence-electron chi connectivity index (χ3n) is 2.48. The number of ether oxygens (including phenoxy) is 2. The van der Waals surface area contributed by atoms with Crippen molar-refractivity contribution in [2.24, 2.45) is 11.8 Å². The fourth-order valence-corrected chi connectivity index (χ4v) is 1.76. The van der Waals surface area contributed by atoms with Gasteiger partial charge in [-0.25, -0.2) is 4.79 Å². The zero-order valence-corrected chi connectivity index (χ0v) is 12.0. The Hall–Kier alpha value is -1.32. The topological polar surface area (TPSA) is 52.6 Å². The Morgan fingerprint density at radius 2 is 1.61 bits per heavy atom. The van der Waals surface area contributed by atoms with E-state index in [1.807, 2.05) is 20.8 Å². The molecule has 1 atom stereocenters. The van der Waals surface area contributed by atoms with Crippen LogP contribution in [-0.4, -0.2) is 25.2 Å². The van der Waals surface area contributed by atoms with E-state index >= 15 is 0 Å². The molecule has 18 heavy (non-hydrogen) atoms. The molecule has 0 amide bonds. The van der Waals surface area contributed by atoms with Gasteiger partial charge in [-0.3, -0.25) is 4.79 Å². The summed E-state index contributed by atoms with van der Waals surface area (Å²) >= 11 is 0. The van der Waals surface area contributed by atoms with Crippen LogP contribution in [-0.2, 0) is 19.1 Å². The summed E-state index contributed by atoms with van der Waals surface area (Å²) in [7, 11) is 0. The van der Waals surface area contributed by atoms with E-state index in [9.17, 15) is 9.59 Å². The molecule has 0 heterocycles. The standard InChI is InChI=1S/C14H24O4/c1-6-9-11(13(15)17-7-2)12(10(4)5)14(16)18-8-3/h9-10,12H,6-8H2,1-5H3. The monoisotopic (exact) mass is 256 g/mol. The van der Waals surface area contributed by atoms with Crippen LogP contribution in [0.1, 0.15) is 41.0 Å². The Morgan fingerprint density at radius 3 is 2.00 bits per heavy atom. The lowest BCUT2D eigenvalue weighted by Gasteiger charge is -2.21. The Kier molecular flexibility index (Phi) is 8.08. The maximum Gasteiger partial charge on any atom is 0.334 e. The summed E-state index contributed by atoms with van der Waals surface area (Å²) in [6.45, 7) is 9.81. The van der Waals surface area contributed by atoms with Crippen LogP contribution in [0.5, 0.6) is 0 Å². The van der Waals surface area contributed by atoms with Crippen molar-refractivity contribution in [1.29, 1.82) is 0 Å². The van der Waals surface area contributed by atoms with Crippen LogP contribution in [0.2, 0.25) is 0 Å². The molecule has 104 valence electrons. The molecular formula is C14H24O4. The summed E-state index contributed by atoms with van der Waals surface area (Å²) in [6.07, 6.45) is 2.43. The number of carbonyl (C=O) groups is 2. The van der Waals surface area contributed by atoms with Gasteiger partial charge in [-0.1, -0.05) is 26.8 Å². The molecule has 0 rings (SSSR count). The number of hydrogen-bond acceptors (Lipinski definition) is 4. The Balaban J connectivity index is 5.18. The largest absolute Gasteiger partial charge is 0.466 e. The van der Waals surface area contributed by atoms with Crippen molar-refractivity contribution in [2.45, 2.75) is 41.0 Å². The van der Waals surface area contributed by atoms with Gasteiger partial charge in [0.15, 0.2) is 0 Å². The molecular weight excluding hydrogens is 232 g/mol. The summed E-state index contributed by atoms with van der Waals surface area (Å²) in [6, 6.07) is 0. The van der Waals surface area contributed by atoms with Gasteiger partial charge in [0.05, 0.1) is 19.1 Å². The van der Waals surface area contributed by atoms with Crippen LogP contribution < -0.4 is 0 Å².